The van der Waals surface area contributed by atoms with Gasteiger partial charge in [0.2, 0.25) is 11.6 Å². The summed E-state index contributed by atoms with van der Waals surface area (Å²) in [5, 5.41) is 21.2. The summed E-state index contributed by atoms with van der Waals surface area (Å²) in [5.41, 5.74) is 2.52. The summed E-state index contributed by atoms with van der Waals surface area (Å²) in [6.45, 7) is 5.62. The van der Waals surface area contributed by atoms with Gasteiger partial charge in [0.15, 0.2) is 5.82 Å². The predicted octanol–water partition coefficient (Wildman–Crippen LogP) is 3.79. The van der Waals surface area contributed by atoms with Crippen LogP contribution in [0.15, 0.2) is 35.1 Å². The first-order valence-corrected chi connectivity index (χ1v) is 7.48. The number of hydrogen-bond donors (Lipinski definition) is 2. The van der Waals surface area contributed by atoms with Crippen LogP contribution in [-0.2, 0) is 0 Å². The van der Waals surface area contributed by atoms with Crippen LogP contribution in [0.1, 0.15) is 16.9 Å². The summed E-state index contributed by atoms with van der Waals surface area (Å²) in [6, 6.07) is 7.29. The van der Waals surface area contributed by atoms with Crippen molar-refractivity contribution < 1.29 is 9.45 Å². The molecule has 0 aliphatic rings. The molecule has 25 heavy (non-hydrogen) atoms. The summed E-state index contributed by atoms with van der Waals surface area (Å²) in [4.78, 5) is 19.0. The second-order valence-corrected chi connectivity index (χ2v) is 5.50. The normalized spacial score (nSPS) is 10.5. The third-order valence-electron chi connectivity index (χ3n) is 3.74. The Bertz CT molecular complexity index is 937. The zero-order chi connectivity index (χ0) is 18.0. The summed E-state index contributed by atoms with van der Waals surface area (Å²) in [6.07, 6.45) is 1.25. The van der Waals surface area contributed by atoms with E-state index in [1.807, 2.05) is 32.0 Å². The number of hydrogen-bond acceptors (Lipinski definition) is 8. The lowest BCUT2D eigenvalue weighted by molar-refractivity contribution is -0.383. The molecule has 0 atom stereocenters. The molecule has 0 unspecified atom stereocenters. The summed E-state index contributed by atoms with van der Waals surface area (Å²) < 4.78 is 4.95. The zero-order valence-electron chi connectivity index (χ0n) is 13.9. The fraction of sp³-hybridized carbons (Fsp3) is 0.188. The highest BCUT2D eigenvalue weighted by Gasteiger charge is 2.24. The van der Waals surface area contributed by atoms with Gasteiger partial charge in [-0.3, -0.25) is 10.1 Å². The maximum atomic E-state index is 11.6. The smallest absolute Gasteiger partial charge is 0.353 e. The monoisotopic (exact) mass is 340 g/mol. The van der Waals surface area contributed by atoms with Gasteiger partial charge in [0, 0.05) is 11.8 Å². The molecule has 128 valence electrons. The molecule has 3 rings (SSSR count). The molecule has 0 saturated carbocycles. The summed E-state index contributed by atoms with van der Waals surface area (Å²) in [5.74, 6) is 1.03. The Morgan fingerprint density at radius 1 is 1.12 bits per heavy atom. The van der Waals surface area contributed by atoms with Crippen molar-refractivity contribution in [3.05, 3.63) is 57.6 Å². The number of nitro groups is 1. The second kappa shape index (κ2) is 6.56. The highest BCUT2D eigenvalue weighted by molar-refractivity contribution is 5.77. The van der Waals surface area contributed by atoms with Crippen LogP contribution in [0.25, 0.3) is 0 Å². The van der Waals surface area contributed by atoms with Gasteiger partial charge in [0.1, 0.15) is 12.1 Å². The Labute approximate surface area is 143 Å². The zero-order valence-corrected chi connectivity index (χ0v) is 13.9. The standard InChI is InChI=1S/C16H16N6O3/c1-9-5-4-6-12(11(9)3)19-15-14(22(23)24)16(18-8-17-15)20-13-7-10(2)25-21-13/h4-8H,1-3H3,(H2,17,18,19,20,21). The van der Waals surface area contributed by atoms with Crippen molar-refractivity contribution in [1.82, 2.24) is 15.1 Å². The first-order valence-electron chi connectivity index (χ1n) is 7.48. The second-order valence-electron chi connectivity index (χ2n) is 5.50. The van der Waals surface area contributed by atoms with Gasteiger partial charge in [-0.15, -0.1) is 0 Å². The van der Waals surface area contributed by atoms with Crippen LogP contribution in [0.3, 0.4) is 0 Å². The van der Waals surface area contributed by atoms with Crippen LogP contribution in [-0.4, -0.2) is 20.0 Å². The Morgan fingerprint density at radius 2 is 1.84 bits per heavy atom. The number of aromatic nitrogens is 3. The molecule has 0 spiro atoms. The predicted molar refractivity (Wildman–Crippen MR) is 92.4 cm³/mol. The van der Waals surface area contributed by atoms with E-state index in [0.29, 0.717) is 11.6 Å². The largest absolute Gasteiger partial charge is 0.360 e. The average Bonchev–Trinajstić information content (AvgIpc) is 2.97. The molecule has 9 nitrogen and oxygen atoms in total. The molecule has 0 radical (unpaired) electrons. The lowest BCUT2D eigenvalue weighted by Gasteiger charge is -2.12. The lowest BCUT2D eigenvalue weighted by Crippen LogP contribution is -2.06. The highest BCUT2D eigenvalue weighted by Crippen LogP contribution is 2.33. The third kappa shape index (κ3) is 3.39. The minimum absolute atomic E-state index is 0.0288. The first-order chi connectivity index (χ1) is 12.0. The molecule has 0 amide bonds. The van der Waals surface area contributed by atoms with Gasteiger partial charge in [-0.2, -0.15) is 0 Å². The number of nitrogens with one attached hydrogen (secondary N) is 2. The van der Waals surface area contributed by atoms with Gasteiger partial charge >= 0.3 is 5.69 Å². The van der Waals surface area contributed by atoms with Crippen LogP contribution in [0.2, 0.25) is 0 Å². The molecule has 0 bridgehead atoms. The summed E-state index contributed by atoms with van der Waals surface area (Å²) in [7, 11) is 0. The van der Waals surface area contributed by atoms with Gasteiger partial charge in [0.25, 0.3) is 0 Å². The van der Waals surface area contributed by atoms with Crippen LogP contribution < -0.4 is 10.6 Å². The molecule has 3 aromatic rings. The van der Waals surface area contributed by atoms with Crippen molar-refractivity contribution in [2.24, 2.45) is 0 Å². The Morgan fingerprint density at radius 3 is 2.48 bits per heavy atom. The van der Waals surface area contributed by atoms with Gasteiger partial charge in [0.05, 0.1) is 4.92 Å². The van der Waals surface area contributed by atoms with Crippen LogP contribution in [0, 0.1) is 30.9 Å². The minimum atomic E-state index is -0.539. The molecule has 1 aromatic carbocycles. The molecular weight excluding hydrogens is 324 g/mol. The fourth-order valence-electron chi connectivity index (χ4n) is 2.30. The molecule has 2 N–H and O–H groups in total. The lowest BCUT2D eigenvalue weighted by atomic mass is 10.1. The SMILES string of the molecule is Cc1cc(Nc2ncnc(Nc3cccc(C)c3C)c2[N+](=O)[O-])no1. The van der Waals surface area contributed by atoms with E-state index < -0.39 is 4.92 Å². The van der Waals surface area contributed by atoms with Crippen molar-refractivity contribution in [1.29, 1.82) is 0 Å². The quantitative estimate of drug-likeness (QED) is 0.532. The van der Waals surface area contributed by atoms with Crippen LogP contribution >= 0.6 is 0 Å². The van der Waals surface area contributed by atoms with E-state index in [2.05, 4.69) is 25.8 Å². The van der Waals surface area contributed by atoms with Crippen molar-refractivity contribution >= 4 is 28.8 Å². The maximum Gasteiger partial charge on any atom is 0.353 e. The molecule has 0 aliphatic heterocycles. The number of benzene rings is 1. The summed E-state index contributed by atoms with van der Waals surface area (Å²) >= 11 is 0. The van der Waals surface area contributed by atoms with E-state index in [4.69, 9.17) is 4.52 Å². The fourth-order valence-corrected chi connectivity index (χ4v) is 2.30. The highest BCUT2D eigenvalue weighted by atomic mass is 16.6. The topological polar surface area (TPSA) is 119 Å². The van der Waals surface area contributed by atoms with Gasteiger partial charge in [-0.05, 0) is 38.0 Å². The molecule has 0 saturated heterocycles. The third-order valence-corrected chi connectivity index (χ3v) is 3.74. The van der Waals surface area contributed by atoms with Gasteiger partial charge in [-0.1, -0.05) is 17.3 Å². The molecule has 0 fully saturated rings. The molecule has 2 heterocycles. The van der Waals surface area contributed by atoms with E-state index in [1.165, 1.54) is 6.33 Å². The Balaban J connectivity index is 2.00. The van der Waals surface area contributed by atoms with Crippen LogP contribution in [0.5, 0.6) is 0 Å². The van der Waals surface area contributed by atoms with E-state index in [-0.39, 0.29) is 17.3 Å². The van der Waals surface area contributed by atoms with Crippen molar-refractivity contribution in [3.63, 3.8) is 0 Å². The molecule has 9 heteroatoms. The molecule has 2 aromatic heterocycles. The van der Waals surface area contributed by atoms with E-state index in [0.717, 1.165) is 16.8 Å². The minimum Gasteiger partial charge on any atom is -0.360 e. The number of nitrogens with zero attached hydrogens (tertiary/aromatic N) is 4. The van der Waals surface area contributed by atoms with E-state index in [9.17, 15) is 10.1 Å². The van der Waals surface area contributed by atoms with E-state index >= 15 is 0 Å². The van der Waals surface area contributed by atoms with Gasteiger partial charge in [-0.25, -0.2) is 9.97 Å². The van der Waals surface area contributed by atoms with Crippen molar-refractivity contribution in [3.8, 4) is 0 Å². The first kappa shape index (κ1) is 16.4. The number of rotatable bonds is 5. The van der Waals surface area contributed by atoms with Crippen molar-refractivity contribution in [2.45, 2.75) is 20.8 Å². The Hall–Kier alpha value is -3.49. The number of aryl methyl sites for hydroxylation is 2. The Kier molecular flexibility index (Phi) is 4.29. The molecule has 0 aliphatic carbocycles. The molecular formula is C16H16N6O3. The van der Waals surface area contributed by atoms with Crippen LogP contribution in [0.4, 0.5) is 28.8 Å². The maximum absolute atomic E-state index is 11.6. The number of anilines is 4. The average molecular weight is 340 g/mol. The van der Waals surface area contributed by atoms with E-state index in [1.54, 1.807) is 13.0 Å². The van der Waals surface area contributed by atoms with Crippen molar-refractivity contribution in [2.75, 3.05) is 10.6 Å². The van der Waals surface area contributed by atoms with Gasteiger partial charge < -0.3 is 15.2 Å².